The number of rotatable bonds is 6. The van der Waals surface area contributed by atoms with Gasteiger partial charge in [0.2, 0.25) is 0 Å². The van der Waals surface area contributed by atoms with Gasteiger partial charge in [0.25, 0.3) is 5.91 Å². The van der Waals surface area contributed by atoms with Crippen molar-refractivity contribution >= 4 is 40.6 Å². The number of hydrogen-bond acceptors (Lipinski definition) is 4. The summed E-state index contributed by atoms with van der Waals surface area (Å²) < 4.78 is 4.70. The summed E-state index contributed by atoms with van der Waals surface area (Å²) in [7, 11) is 1.33. The molecule has 0 aromatic heterocycles. The molecule has 0 aliphatic rings. The highest BCUT2D eigenvalue weighted by atomic mass is 32.1. The molecule has 3 aromatic carbocycles. The summed E-state index contributed by atoms with van der Waals surface area (Å²) in [6, 6.07) is 22.9. The van der Waals surface area contributed by atoms with Gasteiger partial charge in [0.05, 0.1) is 12.7 Å². The summed E-state index contributed by atoms with van der Waals surface area (Å²) in [6.07, 6.45) is 0. The van der Waals surface area contributed by atoms with Gasteiger partial charge in [-0.25, -0.2) is 4.79 Å². The number of esters is 1. The van der Waals surface area contributed by atoms with Crippen LogP contribution in [0.25, 0.3) is 0 Å². The molecule has 1 atom stereocenters. The smallest absolute Gasteiger partial charge is 0.337 e. The number of hydrogen-bond donors (Lipinski definition) is 3. The molecule has 0 saturated heterocycles. The average molecular weight is 434 g/mol. The van der Waals surface area contributed by atoms with Crippen molar-refractivity contribution in [3.63, 3.8) is 0 Å². The molecule has 0 aliphatic carbocycles. The van der Waals surface area contributed by atoms with Crippen LogP contribution in [0.4, 0.5) is 11.4 Å². The van der Waals surface area contributed by atoms with Crippen molar-refractivity contribution in [2.45, 2.75) is 13.0 Å². The zero-order valence-corrected chi connectivity index (χ0v) is 18.0. The molecule has 0 heterocycles. The fourth-order valence-electron chi connectivity index (χ4n) is 2.97. The third-order valence-corrected chi connectivity index (χ3v) is 4.86. The summed E-state index contributed by atoms with van der Waals surface area (Å²) in [5.41, 5.74) is 3.60. The average Bonchev–Trinajstić information content (AvgIpc) is 2.79. The molecule has 1 unspecified atom stereocenters. The summed E-state index contributed by atoms with van der Waals surface area (Å²) >= 11 is 5.44. The zero-order valence-electron chi connectivity index (χ0n) is 17.2. The number of benzene rings is 3. The van der Waals surface area contributed by atoms with Gasteiger partial charge in [-0.2, -0.15) is 0 Å². The molecule has 0 bridgehead atoms. The van der Waals surface area contributed by atoms with E-state index in [-0.39, 0.29) is 11.0 Å². The van der Waals surface area contributed by atoms with Gasteiger partial charge in [-0.3, -0.25) is 4.79 Å². The Hall–Kier alpha value is -3.71. The van der Waals surface area contributed by atoms with Gasteiger partial charge >= 0.3 is 5.97 Å². The van der Waals surface area contributed by atoms with E-state index in [4.69, 9.17) is 17.0 Å². The first-order valence-electron chi connectivity index (χ1n) is 9.65. The lowest BCUT2D eigenvalue weighted by atomic mass is 10.1. The van der Waals surface area contributed by atoms with Crippen molar-refractivity contribution in [3.8, 4) is 0 Å². The van der Waals surface area contributed by atoms with Crippen molar-refractivity contribution in [1.29, 1.82) is 0 Å². The minimum atomic E-state index is -0.699. The topological polar surface area (TPSA) is 79.5 Å². The Kier molecular flexibility index (Phi) is 7.35. The molecule has 6 nitrogen and oxygen atoms in total. The van der Waals surface area contributed by atoms with Gasteiger partial charge in [-0.15, -0.1) is 0 Å². The van der Waals surface area contributed by atoms with E-state index in [0.29, 0.717) is 11.3 Å². The lowest BCUT2D eigenvalue weighted by molar-refractivity contribution is -0.117. The van der Waals surface area contributed by atoms with Crippen molar-refractivity contribution in [1.82, 2.24) is 5.32 Å². The maximum Gasteiger partial charge on any atom is 0.337 e. The second kappa shape index (κ2) is 10.4. The first-order chi connectivity index (χ1) is 15.0. The molecule has 3 N–H and O–H groups in total. The Morgan fingerprint density at radius 3 is 2.16 bits per heavy atom. The molecule has 3 aromatic rings. The second-order valence-electron chi connectivity index (χ2n) is 6.82. The number of carbonyl (C=O) groups excluding carboxylic acids is 2. The highest BCUT2D eigenvalue weighted by molar-refractivity contribution is 7.80. The van der Waals surface area contributed by atoms with Crippen LogP contribution in [0.3, 0.4) is 0 Å². The Labute approximate surface area is 186 Å². The van der Waals surface area contributed by atoms with E-state index in [9.17, 15) is 9.59 Å². The molecule has 1 amide bonds. The SMILES string of the molecule is COC(=O)c1ccc(NC(=S)NC(C(=O)Nc2ccccc2C)c2ccccc2)cc1. The molecule has 0 spiro atoms. The monoisotopic (exact) mass is 433 g/mol. The maximum atomic E-state index is 13.1. The van der Waals surface area contributed by atoms with Crippen LogP contribution in [0.15, 0.2) is 78.9 Å². The fraction of sp³-hybridized carbons (Fsp3) is 0.125. The van der Waals surface area contributed by atoms with Gasteiger partial charge in [-0.05, 0) is 60.6 Å². The van der Waals surface area contributed by atoms with E-state index in [1.54, 1.807) is 24.3 Å². The second-order valence-corrected chi connectivity index (χ2v) is 7.22. The fourth-order valence-corrected chi connectivity index (χ4v) is 3.21. The number of thiocarbonyl (C=S) groups is 1. The molecular formula is C24H23N3O3S. The van der Waals surface area contributed by atoms with E-state index in [2.05, 4.69) is 16.0 Å². The van der Waals surface area contributed by atoms with Crippen molar-refractivity contribution < 1.29 is 14.3 Å². The first kappa shape index (κ1) is 22.0. The normalized spacial score (nSPS) is 11.2. The van der Waals surface area contributed by atoms with Crippen molar-refractivity contribution in [2.24, 2.45) is 0 Å². The third-order valence-electron chi connectivity index (χ3n) is 4.64. The summed E-state index contributed by atoms with van der Waals surface area (Å²) in [4.78, 5) is 24.7. The number of anilines is 2. The van der Waals surface area contributed by atoms with Crippen LogP contribution < -0.4 is 16.0 Å². The van der Waals surface area contributed by atoms with E-state index in [1.807, 2.05) is 61.5 Å². The number of carbonyl (C=O) groups is 2. The third kappa shape index (κ3) is 5.90. The van der Waals surface area contributed by atoms with E-state index >= 15 is 0 Å². The lowest BCUT2D eigenvalue weighted by Crippen LogP contribution is -2.39. The molecule has 0 aliphatic heterocycles. The summed E-state index contributed by atoms with van der Waals surface area (Å²) in [5.74, 6) is -0.644. The van der Waals surface area contributed by atoms with Crippen LogP contribution in [0.5, 0.6) is 0 Å². The van der Waals surface area contributed by atoms with Crippen molar-refractivity contribution in [3.05, 3.63) is 95.6 Å². The van der Waals surface area contributed by atoms with Gasteiger partial charge in [-0.1, -0.05) is 48.5 Å². The summed E-state index contributed by atoms with van der Waals surface area (Å²) in [6.45, 7) is 1.94. The van der Waals surface area contributed by atoms with Gasteiger partial charge < -0.3 is 20.7 Å². The zero-order chi connectivity index (χ0) is 22.2. The minimum absolute atomic E-state index is 0.231. The van der Waals surface area contributed by atoms with Crippen LogP contribution in [0.2, 0.25) is 0 Å². The molecule has 158 valence electrons. The van der Waals surface area contributed by atoms with Gasteiger partial charge in [0.1, 0.15) is 6.04 Å². The Morgan fingerprint density at radius 2 is 1.52 bits per heavy atom. The number of ether oxygens (including phenoxy) is 1. The molecule has 0 fully saturated rings. The van der Waals surface area contributed by atoms with E-state index in [0.717, 1.165) is 16.8 Å². The molecule has 0 radical (unpaired) electrons. The number of nitrogens with one attached hydrogen (secondary N) is 3. The number of methoxy groups -OCH3 is 1. The minimum Gasteiger partial charge on any atom is -0.465 e. The van der Waals surface area contributed by atoms with Crippen molar-refractivity contribution in [2.75, 3.05) is 17.7 Å². The Bertz CT molecular complexity index is 1070. The maximum absolute atomic E-state index is 13.1. The Morgan fingerprint density at radius 1 is 0.871 bits per heavy atom. The Balaban J connectivity index is 1.74. The summed E-state index contributed by atoms with van der Waals surface area (Å²) in [5, 5.41) is 9.37. The molecular weight excluding hydrogens is 410 g/mol. The first-order valence-corrected chi connectivity index (χ1v) is 10.1. The molecule has 7 heteroatoms. The quantitative estimate of drug-likeness (QED) is 0.394. The van der Waals surface area contributed by atoms with Crippen LogP contribution in [0.1, 0.15) is 27.5 Å². The molecule has 0 saturated carbocycles. The van der Waals surface area contributed by atoms with Gasteiger partial charge in [0.15, 0.2) is 5.11 Å². The van der Waals surface area contributed by atoms with E-state index < -0.39 is 12.0 Å². The number of para-hydroxylation sites is 1. The standard InChI is InChI=1S/C24H23N3O3S/c1-16-8-6-7-11-20(16)26-22(28)21(17-9-4-3-5-10-17)27-24(31)25-19-14-12-18(13-15-19)23(29)30-2/h3-15,21H,1-2H3,(H,26,28)(H2,25,27,31). The number of amides is 1. The van der Waals surface area contributed by atoms with E-state index in [1.165, 1.54) is 7.11 Å². The predicted octanol–water partition coefficient (Wildman–Crippen LogP) is 4.45. The van der Waals surface area contributed by atoms with Crippen LogP contribution in [0, 0.1) is 6.92 Å². The molecule has 31 heavy (non-hydrogen) atoms. The van der Waals surface area contributed by atoms with Crippen LogP contribution in [-0.4, -0.2) is 24.1 Å². The largest absolute Gasteiger partial charge is 0.465 e. The predicted molar refractivity (Wildman–Crippen MR) is 126 cm³/mol. The lowest BCUT2D eigenvalue weighted by Gasteiger charge is -2.21. The highest BCUT2D eigenvalue weighted by Gasteiger charge is 2.22. The van der Waals surface area contributed by atoms with Gasteiger partial charge in [0, 0.05) is 11.4 Å². The number of aryl methyl sites for hydroxylation is 1. The van der Waals surface area contributed by atoms with Crippen LogP contribution >= 0.6 is 12.2 Å². The highest BCUT2D eigenvalue weighted by Crippen LogP contribution is 2.19. The molecule has 3 rings (SSSR count). The van der Waals surface area contributed by atoms with Crippen LogP contribution in [-0.2, 0) is 9.53 Å².